The van der Waals surface area contributed by atoms with Crippen LogP contribution in [0.3, 0.4) is 0 Å². The largest absolute Gasteiger partial charge is 0.416 e. The predicted octanol–water partition coefficient (Wildman–Crippen LogP) is 7.13. The standard InChI is InChI=1S/C28H31F3N2OS/c1-27(2,3)21-9-7-19(8-10-21)18-33-15-13-23(14-16-33)32-26(34)25-12-11-24(35-25)20-5-4-6-22(17-20)28(29,30)31/h4-12,17,23H,13-16,18H2,1-3H3,(H,32,34). The number of amides is 1. The minimum Gasteiger partial charge on any atom is -0.349 e. The van der Waals surface area contributed by atoms with Crippen LogP contribution < -0.4 is 5.32 Å². The number of benzene rings is 2. The summed E-state index contributed by atoms with van der Waals surface area (Å²) in [7, 11) is 0. The van der Waals surface area contributed by atoms with Gasteiger partial charge in [0.15, 0.2) is 0 Å². The van der Waals surface area contributed by atoms with E-state index in [0.717, 1.165) is 44.6 Å². The summed E-state index contributed by atoms with van der Waals surface area (Å²) in [5.41, 5.74) is 2.54. The maximum absolute atomic E-state index is 13.0. The van der Waals surface area contributed by atoms with Crippen LogP contribution in [0.1, 0.15) is 60.0 Å². The molecule has 3 nitrogen and oxygen atoms in total. The van der Waals surface area contributed by atoms with Crippen molar-refractivity contribution in [3.63, 3.8) is 0 Å². The lowest BCUT2D eigenvalue weighted by molar-refractivity contribution is -0.137. The highest BCUT2D eigenvalue weighted by atomic mass is 32.1. The number of halogens is 3. The second-order valence-corrected chi connectivity index (χ2v) is 11.3. The van der Waals surface area contributed by atoms with Crippen molar-refractivity contribution in [1.82, 2.24) is 10.2 Å². The molecule has 1 aliphatic rings. The maximum Gasteiger partial charge on any atom is 0.416 e. The second kappa shape index (κ2) is 10.2. The van der Waals surface area contributed by atoms with Gasteiger partial charge < -0.3 is 5.32 Å². The van der Waals surface area contributed by atoms with Crippen molar-refractivity contribution in [2.75, 3.05) is 13.1 Å². The number of rotatable bonds is 5. The number of hydrogen-bond donors (Lipinski definition) is 1. The zero-order valence-corrected chi connectivity index (χ0v) is 21.1. The van der Waals surface area contributed by atoms with Gasteiger partial charge in [-0.3, -0.25) is 9.69 Å². The van der Waals surface area contributed by atoms with Crippen molar-refractivity contribution in [2.45, 2.75) is 57.8 Å². The molecule has 2 heterocycles. The minimum atomic E-state index is -4.39. The van der Waals surface area contributed by atoms with Gasteiger partial charge in [-0.2, -0.15) is 13.2 Å². The fourth-order valence-corrected chi connectivity index (χ4v) is 5.23. The maximum atomic E-state index is 13.0. The van der Waals surface area contributed by atoms with E-state index in [1.165, 1.54) is 28.5 Å². The molecule has 1 saturated heterocycles. The van der Waals surface area contributed by atoms with Crippen LogP contribution in [0.15, 0.2) is 60.7 Å². The number of carbonyl (C=O) groups is 1. The van der Waals surface area contributed by atoms with Crippen molar-refractivity contribution < 1.29 is 18.0 Å². The lowest BCUT2D eigenvalue weighted by Gasteiger charge is -2.32. The Hall–Kier alpha value is -2.64. The molecule has 7 heteroatoms. The highest BCUT2D eigenvalue weighted by molar-refractivity contribution is 7.17. The van der Waals surface area contributed by atoms with Crippen LogP contribution >= 0.6 is 11.3 Å². The van der Waals surface area contributed by atoms with Crippen LogP contribution in [0.5, 0.6) is 0 Å². The molecule has 4 rings (SSSR count). The lowest BCUT2D eigenvalue weighted by atomic mass is 9.86. The van der Waals surface area contributed by atoms with Crippen molar-refractivity contribution in [2.24, 2.45) is 0 Å². The second-order valence-electron chi connectivity index (χ2n) is 10.2. The monoisotopic (exact) mass is 500 g/mol. The fraction of sp³-hybridized carbons (Fsp3) is 0.393. The minimum absolute atomic E-state index is 0.0983. The molecule has 0 spiro atoms. The first kappa shape index (κ1) is 25.5. The molecule has 0 unspecified atom stereocenters. The van der Waals surface area contributed by atoms with Crippen LogP contribution in [0.4, 0.5) is 13.2 Å². The molecule has 0 bridgehead atoms. The van der Waals surface area contributed by atoms with E-state index in [1.54, 1.807) is 18.2 Å². The topological polar surface area (TPSA) is 32.3 Å². The first-order chi connectivity index (χ1) is 16.5. The molecule has 0 atom stereocenters. The summed E-state index contributed by atoms with van der Waals surface area (Å²) in [6.45, 7) is 9.35. The number of likely N-dealkylation sites (tertiary alicyclic amines) is 1. The Labute approximate surface area is 209 Å². The molecule has 1 N–H and O–H groups in total. The van der Waals surface area contributed by atoms with Gasteiger partial charge in [0, 0.05) is 30.6 Å². The molecule has 3 aromatic rings. The van der Waals surface area contributed by atoms with E-state index < -0.39 is 11.7 Å². The third-order valence-electron chi connectivity index (χ3n) is 6.45. The average molecular weight is 501 g/mol. The van der Waals surface area contributed by atoms with E-state index in [1.807, 2.05) is 0 Å². The Morgan fingerprint density at radius 1 is 0.971 bits per heavy atom. The number of piperidine rings is 1. The Kier molecular flexibility index (Phi) is 7.38. The van der Waals surface area contributed by atoms with Crippen LogP contribution in [-0.4, -0.2) is 29.9 Å². The van der Waals surface area contributed by atoms with Crippen molar-refractivity contribution in [1.29, 1.82) is 0 Å². The average Bonchev–Trinajstić information content (AvgIpc) is 3.30. The van der Waals surface area contributed by atoms with E-state index in [4.69, 9.17) is 0 Å². The summed E-state index contributed by atoms with van der Waals surface area (Å²) < 4.78 is 39.1. The number of carbonyl (C=O) groups excluding carboxylic acids is 1. The molecule has 1 fully saturated rings. The van der Waals surface area contributed by atoms with Crippen molar-refractivity contribution in [3.05, 3.63) is 82.2 Å². The highest BCUT2D eigenvalue weighted by Gasteiger charge is 2.30. The predicted molar refractivity (Wildman–Crippen MR) is 136 cm³/mol. The zero-order valence-electron chi connectivity index (χ0n) is 20.3. The first-order valence-corrected chi connectivity index (χ1v) is 12.7. The Bertz CT molecular complexity index is 1150. The van der Waals surface area contributed by atoms with Gasteiger partial charge in [0.25, 0.3) is 5.91 Å². The summed E-state index contributed by atoms with van der Waals surface area (Å²) in [4.78, 5) is 16.3. The van der Waals surface area contributed by atoms with Crippen LogP contribution in [0.25, 0.3) is 10.4 Å². The van der Waals surface area contributed by atoms with E-state index in [2.05, 4.69) is 55.3 Å². The third kappa shape index (κ3) is 6.53. The normalized spacial score (nSPS) is 15.8. The summed E-state index contributed by atoms with van der Waals surface area (Å²) in [6.07, 6.45) is -2.65. The number of nitrogens with one attached hydrogen (secondary N) is 1. The summed E-state index contributed by atoms with van der Waals surface area (Å²) >= 11 is 1.22. The van der Waals surface area contributed by atoms with Crippen LogP contribution in [0, 0.1) is 0 Å². The molecule has 1 aliphatic heterocycles. The zero-order chi connectivity index (χ0) is 25.2. The summed E-state index contributed by atoms with van der Waals surface area (Å²) in [5.74, 6) is -0.163. The van der Waals surface area contributed by atoms with Gasteiger partial charge in [0.2, 0.25) is 0 Å². The van der Waals surface area contributed by atoms with Crippen LogP contribution in [-0.2, 0) is 18.1 Å². The van der Waals surface area contributed by atoms with Crippen LogP contribution in [0.2, 0.25) is 0 Å². The fourth-order valence-electron chi connectivity index (χ4n) is 4.32. The molecule has 2 aromatic carbocycles. The van der Waals surface area contributed by atoms with Crippen molar-refractivity contribution in [3.8, 4) is 10.4 Å². The highest BCUT2D eigenvalue weighted by Crippen LogP contribution is 2.34. The SMILES string of the molecule is CC(C)(C)c1ccc(CN2CCC(NC(=O)c3ccc(-c4cccc(C(F)(F)F)c4)s3)CC2)cc1. The molecule has 1 aromatic heterocycles. The molecule has 0 saturated carbocycles. The smallest absolute Gasteiger partial charge is 0.349 e. The van der Waals surface area contributed by atoms with Gasteiger partial charge in [-0.25, -0.2) is 0 Å². The Balaban J connectivity index is 1.29. The molecular formula is C28H31F3N2OS. The third-order valence-corrected chi connectivity index (χ3v) is 7.59. The van der Waals surface area contributed by atoms with E-state index in [0.29, 0.717) is 15.3 Å². The Morgan fingerprint density at radius 3 is 2.29 bits per heavy atom. The first-order valence-electron chi connectivity index (χ1n) is 11.9. The molecule has 186 valence electrons. The Morgan fingerprint density at radius 2 is 1.66 bits per heavy atom. The van der Waals surface area contributed by atoms with Crippen molar-refractivity contribution >= 4 is 17.2 Å². The van der Waals surface area contributed by atoms with E-state index >= 15 is 0 Å². The van der Waals surface area contributed by atoms with E-state index in [-0.39, 0.29) is 17.4 Å². The van der Waals surface area contributed by atoms with Gasteiger partial charge in [-0.1, -0.05) is 57.2 Å². The summed E-state index contributed by atoms with van der Waals surface area (Å²) in [5, 5.41) is 3.11. The van der Waals surface area contributed by atoms with Gasteiger partial charge >= 0.3 is 6.18 Å². The molecule has 1 amide bonds. The van der Waals surface area contributed by atoms with Gasteiger partial charge in [-0.15, -0.1) is 11.3 Å². The number of hydrogen-bond acceptors (Lipinski definition) is 3. The lowest BCUT2D eigenvalue weighted by Crippen LogP contribution is -2.44. The van der Waals surface area contributed by atoms with Gasteiger partial charge in [0.1, 0.15) is 0 Å². The molecular weight excluding hydrogens is 469 g/mol. The summed E-state index contributed by atoms with van der Waals surface area (Å²) in [6, 6.07) is 17.5. The van der Waals surface area contributed by atoms with Gasteiger partial charge in [-0.05, 0) is 59.2 Å². The number of thiophene rings is 1. The van der Waals surface area contributed by atoms with Gasteiger partial charge in [0.05, 0.1) is 10.4 Å². The molecule has 0 radical (unpaired) electrons. The number of nitrogens with zero attached hydrogens (tertiary/aromatic N) is 1. The molecule has 35 heavy (non-hydrogen) atoms. The molecule has 0 aliphatic carbocycles. The quantitative estimate of drug-likeness (QED) is 0.404. The number of alkyl halides is 3. The van der Waals surface area contributed by atoms with E-state index in [9.17, 15) is 18.0 Å².